The monoisotopic (exact) mass is 565 g/mol. The van der Waals surface area contributed by atoms with Crippen LogP contribution in [-0.4, -0.2) is 89.6 Å². The van der Waals surface area contributed by atoms with Gasteiger partial charge in [0.15, 0.2) is 0 Å². The Morgan fingerprint density at radius 2 is 2.10 bits per heavy atom. The number of aromatic nitrogens is 2. The van der Waals surface area contributed by atoms with Crippen LogP contribution in [0.2, 0.25) is 5.02 Å². The molecule has 1 amide bonds. The van der Waals surface area contributed by atoms with E-state index in [1.807, 2.05) is 18.2 Å². The largest absolute Gasteiger partial charge is 0.496 e. The number of carbonyl (C=O) groups is 1. The van der Waals surface area contributed by atoms with Gasteiger partial charge < -0.3 is 24.2 Å². The summed E-state index contributed by atoms with van der Waals surface area (Å²) in [6.07, 6.45) is 3.81. The number of hydrogen-bond acceptors (Lipinski definition) is 9. The quantitative estimate of drug-likeness (QED) is 0.424. The highest BCUT2D eigenvalue weighted by molar-refractivity contribution is 6.31. The Morgan fingerprint density at radius 1 is 1.25 bits per heavy atom. The number of benzene rings is 1. The highest BCUT2D eigenvalue weighted by Crippen LogP contribution is 2.36. The Balaban J connectivity index is 1.42. The van der Waals surface area contributed by atoms with Crippen molar-refractivity contribution < 1.29 is 14.3 Å². The fourth-order valence-corrected chi connectivity index (χ4v) is 6.15. The zero-order valence-electron chi connectivity index (χ0n) is 23.2. The maximum Gasteiger partial charge on any atom is 0.318 e. The van der Waals surface area contributed by atoms with Crippen molar-refractivity contribution in [3.05, 3.63) is 52.7 Å². The predicted molar refractivity (Wildman–Crippen MR) is 152 cm³/mol. The summed E-state index contributed by atoms with van der Waals surface area (Å²) in [5.74, 6) is 1.40. The molecule has 11 heteroatoms. The summed E-state index contributed by atoms with van der Waals surface area (Å²) in [5, 5.41) is 10.1. The molecule has 10 nitrogen and oxygen atoms in total. The van der Waals surface area contributed by atoms with Crippen LogP contribution in [0, 0.1) is 11.3 Å². The topological polar surface area (TPSA) is 98.1 Å². The maximum atomic E-state index is 12.5. The number of piperazine rings is 1. The minimum atomic E-state index is -0.253. The highest BCUT2D eigenvalue weighted by atomic mass is 35.5. The van der Waals surface area contributed by atoms with Crippen molar-refractivity contribution in [1.29, 1.82) is 5.26 Å². The minimum absolute atomic E-state index is 0.155. The summed E-state index contributed by atoms with van der Waals surface area (Å²) >= 11 is 6.56. The van der Waals surface area contributed by atoms with Gasteiger partial charge in [0.25, 0.3) is 0 Å². The van der Waals surface area contributed by atoms with E-state index in [-0.39, 0.29) is 18.4 Å². The van der Waals surface area contributed by atoms with Crippen LogP contribution in [0.25, 0.3) is 0 Å². The van der Waals surface area contributed by atoms with E-state index in [2.05, 4.69) is 34.4 Å². The Morgan fingerprint density at radius 3 is 2.83 bits per heavy atom. The van der Waals surface area contributed by atoms with E-state index < -0.39 is 0 Å². The average Bonchev–Trinajstić information content (AvgIpc) is 3.57. The SMILES string of the molecule is C=CC(=O)N1CCN(c2nc(OC[C@@H]3CCCN3C)nc3c2CN(Cc2c(Cl)cccc2OC)C3)C[C@@H]1CC#N. The molecule has 4 heterocycles. The number of rotatable bonds is 9. The van der Waals surface area contributed by atoms with Gasteiger partial charge in [-0.2, -0.15) is 15.2 Å². The van der Waals surface area contributed by atoms with Crippen LogP contribution in [0.5, 0.6) is 11.8 Å². The Kier molecular flexibility index (Phi) is 8.74. The molecule has 0 N–H and O–H groups in total. The van der Waals surface area contributed by atoms with Crippen molar-refractivity contribution in [2.45, 2.75) is 51.0 Å². The maximum absolute atomic E-state index is 12.5. The number of likely N-dealkylation sites (tertiary alicyclic amines) is 1. The van der Waals surface area contributed by atoms with Crippen LogP contribution in [0.4, 0.5) is 5.82 Å². The lowest BCUT2D eigenvalue weighted by molar-refractivity contribution is -0.128. The summed E-state index contributed by atoms with van der Waals surface area (Å²) in [6, 6.07) is 8.37. The molecule has 3 aliphatic heterocycles. The molecule has 2 fully saturated rings. The van der Waals surface area contributed by atoms with Crippen LogP contribution in [0.3, 0.4) is 0 Å². The first-order chi connectivity index (χ1) is 19.4. The molecule has 3 aliphatic rings. The number of methoxy groups -OCH3 is 1. The number of ether oxygens (including phenoxy) is 2. The van der Waals surface area contributed by atoms with Crippen molar-refractivity contribution in [1.82, 2.24) is 24.7 Å². The Labute approximate surface area is 240 Å². The first-order valence-corrected chi connectivity index (χ1v) is 14.1. The molecule has 0 bridgehead atoms. The van der Waals surface area contributed by atoms with Crippen molar-refractivity contribution in [3.8, 4) is 17.8 Å². The van der Waals surface area contributed by atoms with Crippen LogP contribution < -0.4 is 14.4 Å². The third-order valence-electron chi connectivity index (χ3n) is 8.13. The van der Waals surface area contributed by atoms with Crippen molar-refractivity contribution in [3.63, 3.8) is 0 Å². The Hall–Kier alpha value is -3.39. The second kappa shape index (κ2) is 12.4. The lowest BCUT2D eigenvalue weighted by Crippen LogP contribution is -2.55. The van der Waals surface area contributed by atoms with Gasteiger partial charge in [-0.1, -0.05) is 24.2 Å². The van der Waals surface area contributed by atoms with Crippen LogP contribution >= 0.6 is 11.6 Å². The molecule has 5 rings (SSSR count). The van der Waals surface area contributed by atoms with E-state index in [1.54, 1.807) is 12.0 Å². The first-order valence-electron chi connectivity index (χ1n) is 13.7. The van der Waals surface area contributed by atoms with Gasteiger partial charge in [-0.15, -0.1) is 0 Å². The van der Waals surface area contributed by atoms with Crippen molar-refractivity contribution >= 4 is 23.3 Å². The van der Waals surface area contributed by atoms with Gasteiger partial charge >= 0.3 is 6.01 Å². The van der Waals surface area contributed by atoms with Gasteiger partial charge in [0.2, 0.25) is 5.91 Å². The van der Waals surface area contributed by atoms with Gasteiger partial charge in [-0.25, -0.2) is 0 Å². The highest BCUT2D eigenvalue weighted by Gasteiger charge is 2.34. The van der Waals surface area contributed by atoms with Crippen LogP contribution in [-0.2, 0) is 24.4 Å². The number of anilines is 1. The van der Waals surface area contributed by atoms with Gasteiger partial charge in [0.05, 0.1) is 31.3 Å². The number of amides is 1. The fourth-order valence-electron chi connectivity index (χ4n) is 5.92. The second-order valence-electron chi connectivity index (χ2n) is 10.6. The zero-order chi connectivity index (χ0) is 28.2. The van der Waals surface area contributed by atoms with Crippen LogP contribution in [0.1, 0.15) is 36.1 Å². The normalized spacial score (nSPS) is 21.2. The van der Waals surface area contributed by atoms with Crippen molar-refractivity contribution in [2.75, 3.05) is 51.8 Å². The van der Waals surface area contributed by atoms with Gasteiger partial charge in [-0.05, 0) is 44.6 Å². The number of carbonyl (C=O) groups excluding carboxylic acids is 1. The summed E-state index contributed by atoms with van der Waals surface area (Å²) in [5.41, 5.74) is 2.89. The Bertz CT molecular complexity index is 1300. The smallest absolute Gasteiger partial charge is 0.318 e. The van der Waals surface area contributed by atoms with Crippen LogP contribution in [0.15, 0.2) is 30.9 Å². The number of halogens is 1. The molecule has 0 spiro atoms. The molecule has 0 radical (unpaired) electrons. The molecule has 40 heavy (non-hydrogen) atoms. The van der Waals surface area contributed by atoms with E-state index in [1.165, 1.54) is 6.08 Å². The van der Waals surface area contributed by atoms with E-state index in [0.29, 0.717) is 63.0 Å². The van der Waals surface area contributed by atoms with Gasteiger partial charge in [0.1, 0.15) is 18.2 Å². The molecule has 0 saturated carbocycles. The summed E-state index contributed by atoms with van der Waals surface area (Å²) in [6.45, 7) is 8.67. The number of fused-ring (bicyclic) bond motifs is 1. The number of nitrogens with zero attached hydrogens (tertiary/aromatic N) is 7. The second-order valence-corrected chi connectivity index (χ2v) is 11.0. The van der Waals surface area contributed by atoms with E-state index in [0.717, 1.165) is 47.8 Å². The number of likely N-dealkylation sites (N-methyl/N-ethyl adjacent to an activating group) is 1. The van der Waals surface area contributed by atoms with Gasteiger partial charge in [-0.3, -0.25) is 9.69 Å². The van der Waals surface area contributed by atoms with E-state index in [9.17, 15) is 10.1 Å². The first kappa shape index (κ1) is 28.1. The number of nitriles is 1. The summed E-state index contributed by atoms with van der Waals surface area (Å²) in [7, 11) is 3.77. The lowest BCUT2D eigenvalue weighted by Gasteiger charge is -2.41. The molecule has 2 aromatic rings. The molecular weight excluding hydrogens is 530 g/mol. The molecule has 2 atom stereocenters. The third-order valence-corrected chi connectivity index (χ3v) is 8.48. The average molecular weight is 566 g/mol. The molecule has 0 unspecified atom stereocenters. The molecule has 0 aliphatic carbocycles. The molecule has 212 valence electrons. The third kappa shape index (κ3) is 5.87. The number of hydrogen-bond donors (Lipinski definition) is 0. The van der Waals surface area contributed by atoms with E-state index in [4.69, 9.17) is 31.0 Å². The summed E-state index contributed by atoms with van der Waals surface area (Å²) < 4.78 is 11.8. The molecule has 1 aromatic carbocycles. The van der Waals surface area contributed by atoms with Gasteiger partial charge in [0, 0.05) is 61.5 Å². The molecule has 1 aromatic heterocycles. The fraction of sp³-hybridized carbons (Fsp3) is 0.517. The molecule has 2 saturated heterocycles. The summed E-state index contributed by atoms with van der Waals surface area (Å²) in [4.78, 5) is 30.7. The standard InChI is InChI=1S/C29H36ClN7O3/c1-4-27(38)37-14-13-36(15-20(37)10-11-31)28-23-17-35(16-22-24(30)8-5-9-26(22)39-3)18-25(23)32-29(33-28)40-19-21-7-6-12-34(21)2/h4-5,8-9,20-21H,1,6-7,10,12-19H2,2-3H3/t20-,21-/m0/s1. The minimum Gasteiger partial charge on any atom is -0.496 e. The van der Waals surface area contributed by atoms with E-state index >= 15 is 0 Å². The molecular formula is C29H36ClN7O3. The zero-order valence-corrected chi connectivity index (χ0v) is 23.9. The lowest BCUT2D eigenvalue weighted by atomic mass is 10.1. The van der Waals surface area contributed by atoms with Crippen molar-refractivity contribution in [2.24, 2.45) is 0 Å². The predicted octanol–water partition coefficient (Wildman–Crippen LogP) is 3.24.